The first kappa shape index (κ1) is 19.9. The Morgan fingerprint density at radius 2 is 2.03 bits per heavy atom. The maximum absolute atomic E-state index is 12.9. The number of ether oxygens (including phenoxy) is 1. The van der Waals surface area contributed by atoms with Crippen LogP contribution in [0.15, 0.2) is 65.1 Å². The minimum atomic E-state index is -0.127. The van der Waals surface area contributed by atoms with Gasteiger partial charge < -0.3 is 4.74 Å². The first-order valence-corrected chi connectivity index (χ1v) is 10.3. The number of aromatic nitrogens is 4. The molecule has 0 saturated heterocycles. The molecule has 0 fully saturated rings. The lowest BCUT2D eigenvalue weighted by molar-refractivity contribution is 0.101. The summed E-state index contributed by atoms with van der Waals surface area (Å²) in [7, 11) is 1.60. The smallest absolute Gasteiger partial charge is 0.263 e. The average Bonchev–Trinajstić information content (AvgIpc) is 3.18. The van der Waals surface area contributed by atoms with Crippen LogP contribution in [0.5, 0.6) is 5.75 Å². The molecule has 4 rings (SSSR count). The van der Waals surface area contributed by atoms with Crippen molar-refractivity contribution in [3.63, 3.8) is 0 Å². The minimum absolute atomic E-state index is 0.00346. The summed E-state index contributed by atoms with van der Waals surface area (Å²) in [5.74, 6) is 1.69. The van der Waals surface area contributed by atoms with E-state index in [-0.39, 0.29) is 11.3 Å². The molecule has 2 aromatic heterocycles. The van der Waals surface area contributed by atoms with Crippen molar-refractivity contribution in [3.8, 4) is 5.75 Å². The van der Waals surface area contributed by atoms with Gasteiger partial charge in [-0.05, 0) is 37.3 Å². The molecule has 7 nitrogen and oxygen atoms in total. The highest BCUT2D eigenvalue weighted by atomic mass is 32.2. The van der Waals surface area contributed by atoms with Gasteiger partial charge in [0.1, 0.15) is 5.75 Å². The fourth-order valence-corrected chi connectivity index (χ4v) is 4.29. The SMILES string of the molecule is C=CCn1c(=O)c2ccccc2n2c(SCc3cc(C(C)=O)ccc3OC)nnc12. The van der Waals surface area contributed by atoms with Crippen LogP contribution in [0.2, 0.25) is 0 Å². The second kappa shape index (κ2) is 8.16. The van der Waals surface area contributed by atoms with E-state index in [1.165, 1.54) is 18.7 Å². The predicted molar refractivity (Wildman–Crippen MR) is 118 cm³/mol. The van der Waals surface area contributed by atoms with Gasteiger partial charge in [0, 0.05) is 23.4 Å². The highest BCUT2D eigenvalue weighted by Crippen LogP contribution is 2.29. The molecule has 152 valence electrons. The average molecular weight is 420 g/mol. The van der Waals surface area contributed by atoms with Crippen LogP contribution in [0.3, 0.4) is 0 Å². The fraction of sp³-hybridized carbons (Fsp3) is 0.182. The number of hydrogen-bond donors (Lipinski definition) is 0. The second-order valence-corrected chi connectivity index (χ2v) is 7.65. The summed E-state index contributed by atoms with van der Waals surface area (Å²) in [6.07, 6.45) is 1.66. The number of ketones is 1. The van der Waals surface area contributed by atoms with Crippen LogP contribution in [0, 0.1) is 0 Å². The molecule has 0 unspecified atom stereocenters. The summed E-state index contributed by atoms with van der Waals surface area (Å²) < 4.78 is 8.89. The molecule has 8 heteroatoms. The first-order chi connectivity index (χ1) is 14.5. The van der Waals surface area contributed by atoms with E-state index < -0.39 is 0 Å². The second-order valence-electron chi connectivity index (χ2n) is 6.71. The lowest BCUT2D eigenvalue weighted by Crippen LogP contribution is -2.22. The van der Waals surface area contributed by atoms with Crippen molar-refractivity contribution in [1.82, 2.24) is 19.2 Å². The van der Waals surface area contributed by atoms with E-state index >= 15 is 0 Å². The number of carbonyl (C=O) groups is 1. The first-order valence-electron chi connectivity index (χ1n) is 9.33. The molecule has 0 saturated carbocycles. The molecule has 0 amide bonds. The Kier molecular flexibility index (Phi) is 5.41. The van der Waals surface area contributed by atoms with Gasteiger partial charge in [-0.3, -0.25) is 18.6 Å². The van der Waals surface area contributed by atoms with E-state index in [1.807, 2.05) is 28.7 Å². The number of Topliss-reactive ketones (excluding diaryl/α,β-unsaturated/α-hetero) is 1. The third-order valence-corrected chi connectivity index (χ3v) is 5.81. The van der Waals surface area contributed by atoms with E-state index in [9.17, 15) is 9.59 Å². The molecule has 0 aliphatic rings. The molecular weight excluding hydrogens is 400 g/mol. The molecule has 2 aromatic carbocycles. The van der Waals surface area contributed by atoms with Crippen molar-refractivity contribution in [2.45, 2.75) is 24.4 Å². The van der Waals surface area contributed by atoms with Crippen molar-refractivity contribution in [3.05, 3.63) is 76.6 Å². The van der Waals surface area contributed by atoms with Crippen molar-refractivity contribution in [2.75, 3.05) is 7.11 Å². The van der Waals surface area contributed by atoms with Crippen LogP contribution < -0.4 is 10.3 Å². The maximum atomic E-state index is 12.9. The number of thioether (sulfide) groups is 1. The quantitative estimate of drug-likeness (QED) is 0.258. The summed E-state index contributed by atoms with van der Waals surface area (Å²) in [6, 6.07) is 12.8. The van der Waals surface area contributed by atoms with Crippen LogP contribution in [-0.2, 0) is 12.3 Å². The van der Waals surface area contributed by atoms with Gasteiger partial charge in [0.05, 0.1) is 18.0 Å². The lowest BCUT2D eigenvalue weighted by atomic mass is 10.1. The number of hydrogen-bond acceptors (Lipinski definition) is 6. The third kappa shape index (κ3) is 3.39. The van der Waals surface area contributed by atoms with Gasteiger partial charge in [0.15, 0.2) is 10.9 Å². The number of benzene rings is 2. The van der Waals surface area contributed by atoms with Crippen LogP contribution in [0.4, 0.5) is 0 Å². The van der Waals surface area contributed by atoms with Crippen LogP contribution in [-0.4, -0.2) is 32.1 Å². The number of carbonyl (C=O) groups excluding carboxylic acids is 1. The zero-order chi connectivity index (χ0) is 21.3. The monoisotopic (exact) mass is 420 g/mol. The van der Waals surface area contributed by atoms with Gasteiger partial charge in [-0.2, -0.15) is 0 Å². The maximum Gasteiger partial charge on any atom is 0.263 e. The standard InChI is InChI=1S/C22H20N4O3S/c1-4-11-25-20(28)17-7-5-6-8-18(17)26-21(25)23-24-22(26)30-13-16-12-15(14(2)27)9-10-19(16)29-3/h4-10,12H,1,11,13H2,2-3H3. The van der Waals surface area contributed by atoms with Crippen LogP contribution in [0.1, 0.15) is 22.8 Å². The number of fused-ring (bicyclic) bond motifs is 3. The fourth-order valence-electron chi connectivity index (χ4n) is 3.37. The Balaban J connectivity index is 1.82. The number of nitrogens with zero attached hydrogens (tertiary/aromatic N) is 4. The predicted octanol–water partition coefficient (Wildman–Crippen LogP) is 3.73. The summed E-state index contributed by atoms with van der Waals surface area (Å²) in [5.41, 5.74) is 2.13. The molecule has 0 radical (unpaired) electrons. The molecule has 0 aliphatic carbocycles. The van der Waals surface area contributed by atoms with Gasteiger partial charge in [-0.25, -0.2) is 0 Å². The van der Waals surface area contributed by atoms with Gasteiger partial charge in [-0.1, -0.05) is 30.0 Å². The number of allylic oxidation sites excluding steroid dienone is 1. The van der Waals surface area contributed by atoms with Gasteiger partial charge in [-0.15, -0.1) is 16.8 Å². The molecule has 30 heavy (non-hydrogen) atoms. The number of methoxy groups -OCH3 is 1. The third-order valence-electron chi connectivity index (χ3n) is 4.83. The van der Waals surface area contributed by atoms with E-state index in [4.69, 9.17) is 4.74 Å². The molecule has 0 aliphatic heterocycles. The largest absolute Gasteiger partial charge is 0.496 e. The molecule has 0 atom stereocenters. The molecule has 0 bridgehead atoms. The molecule has 2 heterocycles. The van der Waals surface area contributed by atoms with Gasteiger partial charge >= 0.3 is 0 Å². The number of para-hydroxylation sites is 1. The summed E-state index contributed by atoms with van der Waals surface area (Å²) in [5, 5.41) is 9.84. The molecule has 4 aromatic rings. The van der Waals surface area contributed by atoms with E-state index in [0.717, 1.165) is 11.1 Å². The normalized spacial score (nSPS) is 11.1. The van der Waals surface area contributed by atoms with Gasteiger partial charge in [0.25, 0.3) is 5.56 Å². The van der Waals surface area contributed by atoms with E-state index in [1.54, 1.807) is 36.0 Å². The molecule has 0 spiro atoms. The Hall–Kier alpha value is -3.39. The molecular formula is C22H20N4O3S. The summed E-state index contributed by atoms with van der Waals surface area (Å²) >= 11 is 1.46. The summed E-state index contributed by atoms with van der Waals surface area (Å²) in [6.45, 7) is 5.62. The van der Waals surface area contributed by atoms with E-state index in [2.05, 4.69) is 16.8 Å². The zero-order valence-corrected chi connectivity index (χ0v) is 17.5. The van der Waals surface area contributed by atoms with Crippen molar-refractivity contribution in [1.29, 1.82) is 0 Å². The topological polar surface area (TPSA) is 78.5 Å². The Bertz CT molecular complexity index is 1340. The van der Waals surface area contributed by atoms with Crippen molar-refractivity contribution < 1.29 is 9.53 Å². The lowest BCUT2D eigenvalue weighted by Gasteiger charge is -2.11. The van der Waals surface area contributed by atoms with Gasteiger partial charge in [0.2, 0.25) is 5.78 Å². The van der Waals surface area contributed by atoms with Crippen LogP contribution in [0.25, 0.3) is 16.7 Å². The zero-order valence-electron chi connectivity index (χ0n) is 16.7. The Morgan fingerprint density at radius 3 is 2.77 bits per heavy atom. The highest BCUT2D eigenvalue weighted by Gasteiger charge is 2.17. The van der Waals surface area contributed by atoms with Crippen molar-refractivity contribution >= 4 is 34.2 Å². The Morgan fingerprint density at radius 1 is 1.23 bits per heavy atom. The summed E-state index contributed by atoms with van der Waals surface area (Å²) in [4.78, 5) is 24.7. The molecule has 0 N–H and O–H groups in total. The minimum Gasteiger partial charge on any atom is -0.496 e. The van der Waals surface area contributed by atoms with Crippen LogP contribution >= 0.6 is 11.8 Å². The van der Waals surface area contributed by atoms with E-state index in [0.29, 0.717) is 39.9 Å². The van der Waals surface area contributed by atoms with Crippen molar-refractivity contribution in [2.24, 2.45) is 0 Å². The Labute approximate surface area is 177 Å². The highest BCUT2D eigenvalue weighted by molar-refractivity contribution is 7.98. The number of rotatable bonds is 7.